The molecule has 2 aromatic heterocycles. The molecule has 5 aromatic rings. The minimum absolute atomic E-state index is 0.219. The molecule has 0 saturated carbocycles. The molecule has 166 valence electrons. The Morgan fingerprint density at radius 3 is 2.44 bits per heavy atom. The summed E-state index contributed by atoms with van der Waals surface area (Å²) < 4.78 is 1.91. The quantitative estimate of drug-likeness (QED) is 0.395. The summed E-state index contributed by atoms with van der Waals surface area (Å²) in [5.41, 5.74) is 5.95. The number of carbonyl (C=O) groups excluding carboxylic acids is 1. The predicted octanol–water partition coefficient (Wildman–Crippen LogP) is 5.07. The van der Waals surface area contributed by atoms with Crippen LogP contribution in [0.15, 0.2) is 84.9 Å². The van der Waals surface area contributed by atoms with Gasteiger partial charge in [0.2, 0.25) is 0 Å². The van der Waals surface area contributed by atoms with Gasteiger partial charge in [-0.3, -0.25) is 9.89 Å². The standard InChI is InChI=1S/C27H22N6O/c34-27(24-21-15-9-17-23(21)33(32-24)19-12-5-2-6-13-19)28-22-16-8-7-14-20(22)26-29-25(30-31-26)18-10-3-1-4-11-18/h1-8,10-14,16H,9,15,17H2,(H,28,34)(H,29,30,31). The molecule has 34 heavy (non-hydrogen) atoms. The zero-order valence-corrected chi connectivity index (χ0v) is 18.4. The van der Waals surface area contributed by atoms with E-state index in [4.69, 9.17) is 5.10 Å². The van der Waals surface area contributed by atoms with E-state index in [0.29, 0.717) is 23.0 Å². The van der Waals surface area contributed by atoms with Gasteiger partial charge in [-0.25, -0.2) is 9.67 Å². The summed E-state index contributed by atoms with van der Waals surface area (Å²) in [5.74, 6) is 0.981. The molecular weight excluding hydrogens is 424 g/mol. The average Bonchev–Trinajstić information content (AvgIpc) is 3.63. The first kappa shape index (κ1) is 20.1. The van der Waals surface area contributed by atoms with Gasteiger partial charge in [0.1, 0.15) is 0 Å². The molecule has 0 radical (unpaired) electrons. The highest BCUT2D eigenvalue weighted by Crippen LogP contribution is 2.30. The summed E-state index contributed by atoms with van der Waals surface area (Å²) >= 11 is 0. The van der Waals surface area contributed by atoms with E-state index in [1.165, 1.54) is 0 Å². The number of nitrogens with one attached hydrogen (secondary N) is 2. The lowest BCUT2D eigenvalue weighted by molar-refractivity contribution is 0.102. The van der Waals surface area contributed by atoms with Crippen LogP contribution >= 0.6 is 0 Å². The third-order valence-corrected chi connectivity index (χ3v) is 6.09. The Balaban J connectivity index is 1.32. The molecule has 0 aliphatic heterocycles. The van der Waals surface area contributed by atoms with Crippen molar-refractivity contribution in [3.05, 3.63) is 102 Å². The van der Waals surface area contributed by atoms with Crippen LogP contribution in [0.5, 0.6) is 0 Å². The molecule has 1 amide bonds. The van der Waals surface area contributed by atoms with Crippen LogP contribution in [-0.2, 0) is 12.8 Å². The highest BCUT2D eigenvalue weighted by atomic mass is 16.2. The Labute approximate surface area is 196 Å². The summed E-state index contributed by atoms with van der Waals surface area (Å²) in [6, 6.07) is 27.3. The second kappa shape index (κ2) is 8.44. The Morgan fingerprint density at radius 1 is 0.882 bits per heavy atom. The van der Waals surface area contributed by atoms with Crippen molar-refractivity contribution in [2.45, 2.75) is 19.3 Å². The fraction of sp³-hybridized carbons (Fsp3) is 0.111. The number of fused-ring (bicyclic) bond motifs is 1. The number of nitrogens with zero attached hydrogens (tertiary/aromatic N) is 4. The van der Waals surface area contributed by atoms with Gasteiger partial charge in [-0.05, 0) is 43.5 Å². The lowest BCUT2D eigenvalue weighted by Crippen LogP contribution is -2.15. The number of H-pyrrole nitrogens is 1. The summed E-state index contributed by atoms with van der Waals surface area (Å²) in [7, 11) is 0. The first-order valence-electron chi connectivity index (χ1n) is 11.3. The van der Waals surface area contributed by atoms with Crippen molar-refractivity contribution in [1.82, 2.24) is 25.0 Å². The van der Waals surface area contributed by atoms with E-state index < -0.39 is 0 Å². The predicted molar refractivity (Wildman–Crippen MR) is 131 cm³/mol. The Morgan fingerprint density at radius 2 is 1.62 bits per heavy atom. The van der Waals surface area contributed by atoms with E-state index >= 15 is 0 Å². The van der Waals surface area contributed by atoms with E-state index in [9.17, 15) is 4.79 Å². The van der Waals surface area contributed by atoms with Crippen LogP contribution in [0.25, 0.3) is 28.5 Å². The van der Waals surface area contributed by atoms with Gasteiger partial charge in [0, 0.05) is 22.4 Å². The monoisotopic (exact) mass is 446 g/mol. The molecular formula is C27H22N6O. The number of benzene rings is 3. The first-order chi connectivity index (χ1) is 16.8. The summed E-state index contributed by atoms with van der Waals surface area (Å²) in [6.07, 6.45) is 2.80. The van der Waals surface area contributed by atoms with Crippen LogP contribution in [0, 0.1) is 0 Å². The molecule has 0 atom stereocenters. The fourth-order valence-corrected chi connectivity index (χ4v) is 4.48. The van der Waals surface area contributed by atoms with Crippen LogP contribution in [-0.4, -0.2) is 30.9 Å². The van der Waals surface area contributed by atoms with Gasteiger partial charge in [0.15, 0.2) is 17.3 Å². The highest BCUT2D eigenvalue weighted by molar-refractivity contribution is 6.06. The topological polar surface area (TPSA) is 88.5 Å². The number of para-hydroxylation sites is 2. The van der Waals surface area contributed by atoms with Crippen LogP contribution < -0.4 is 5.32 Å². The SMILES string of the molecule is O=C(Nc1ccccc1-c1nc(-c2ccccc2)n[nH]1)c1nn(-c2ccccc2)c2c1CCC2. The molecule has 1 aliphatic carbocycles. The van der Waals surface area contributed by atoms with Gasteiger partial charge in [-0.1, -0.05) is 60.7 Å². The van der Waals surface area contributed by atoms with E-state index in [0.717, 1.165) is 47.3 Å². The number of anilines is 1. The largest absolute Gasteiger partial charge is 0.320 e. The molecule has 0 fully saturated rings. The number of hydrogen-bond acceptors (Lipinski definition) is 4. The molecule has 3 aromatic carbocycles. The molecule has 0 spiro atoms. The van der Waals surface area contributed by atoms with E-state index in [1.807, 2.05) is 89.6 Å². The van der Waals surface area contributed by atoms with Crippen molar-refractivity contribution in [3.63, 3.8) is 0 Å². The third kappa shape index (κ3) is 3.57. The zero-order chi connectivity index (χ0) is 22.9. The minimum atomic E-state index is -0.219. The lowest BCUT2D eigenvalue weighted by atomic mass is 10.1. The smallest absolute Gasteiger partial charge is 0.276 e. The molecule has 0 unspecified atom stereocenters. The number of hydrogen-bond donors (Lipinski definition) is 2. The fourth-order valence-electron chi connectivity index (χ4n) is 4.48. The molecule has 7 nitrogen and oxygen atoms in total. The Kier molecular flexibility index (Phi) is 4.99. The van der Waals surface area contributed by atoms with Crippen molar-refractivity contribution >= 4 is 11.6 Å². The normalized spacial score (nSPS) is 12.5. The van der Waals surface area contributed by atoms with Crippen molar-refractivity contribution in [1.29, 1.82) is 0 Å². The van der Waals surface area contributed by atoms with Crippen molar-refractivity contribution in [2.75, 3.05) is 5.32 Å². The summed E-state index contributed by atoms with van der Waals surface area (Å²) in [4.78, 5) is 18.1. The van der Waals surface area contributed by atoms with Crippen LogP contribution in [0.4, 0.5) is 5.69 Å². The van der Waals surface area contributed by atoms with Crippen LogP contribution in [0.2, 0.25) is 0 Å². The van der Waals surface area contributed by atoms with Gasteiger partial charge in [0.05, 0.1) is 11.4 Å². The number of rotatable bonds is 5. The molecule has 2 heterocycles. The van der Waals surface area contributed by atoms with Gasteiger partial charge in [-0.15, -0.1) is 0 Å². The highest BCUT2D eigenvalue weighted by Gasteiger charge is 2.27. The summed E-state index contributed by atoms with van der Waals surface area (Å²) in [5, 5.41) is 15.1. The average molecular weight is 447 g/mol. The van der Waals surface area contributed by atoms with Gasteiger partial charge < -0.3 is 5.32 Å². The lowest BCUT2D eigenvalue weighted by Gasteiger charge is -2.09. The second-order valence-electron chi connectivity index (χ2n) is 8.25. The molecule has 0 bridgehead atoms. The maximum absolute atomic E-state index is 13.4. The first-order valence-corrected chi connectivity index (χ1v) is 11.3. The number of carbonyl (C=O) groups is 1. The van der Waals surface area contributed by atoms with Crippen LogP contribution in [0.1, 0.15) is 28.2 Å². The molecule has 6 rings (SSSR count). The maximum Gasteiger partial charge on any atom is 0.276 e. The van der Waals surface area contributed by atoms with Gasteiger partial charge in [0.25, 0.3) is 5.91 Å². The van der Waals surface area contributed by atoms with E-state index in [-0.39, 0.29) is 5.91 Å². The Bertz CT molecular complexity index is 1470. The summed E-state index contributed by atoms with van der Waals surface area (Å²) in [6.45, 7) is 0. The van der Waals surface area contributed by atoms with Crippen molar-refractivity contribution in [2.24, 2.45) is 0 Å². The van der Waals surface area contributed by atoms with Gasteiger partial charge >= 0.3 is 0 Å². The number of amides is 1. The molecule has 0 saturated heterocycles. The minimum Gasteiger partial charge on any atom is -0.320 e. The molecule has 1 aliphatic rings. The number of aromatic amines is 1. The van der Waals surface area contributed by atoms with Crippen molar-refractivity contribution in [3.8, 4) is 28.5 Å². The third-order valence-electron chi connectivity index (χ3n) is 6.09. The molecule has 2 N–H and O–H groups in total. The van der Waals surface area contributed by atoms with Gasteiger partial charge in [-0.2, -0.15) is 10.2 Å². The maximum atomic E-state index is 13.4. The zero-order valence-electron chi connectivity index (χ0n) is 18.4. The molecule has 7 heteroatoms. The van der Waals surface area contributed by atoms with Crippen molar-refractivity contribution < 1.29 is 4.79 Å². The Hall–Kier alpha value is -4.52. The number of aromatic nitrogens is 5. The van der Waals surface area contributed by atoms with E-state index in [1.54, 1.807) is 0 Å². The van der Waals surface area contributed by atoms with Crippen LogP contribution in [0.3, 0.4) is 0 Å². The van der Waals surface area contributed by atoms with E-state index in [2.05, 4.69) is 20.5 Å². The second-order valence-corrected chi connectivity index (χ2v) is 8.25.